The molecular weight excluding hydrogens is 248 g/mol. The summed E-state index contributed by atoms with van der Waals surface area (Å²) >= 11 is 0. The van der Waals surface area contributed by atoms with Gasteiger partial charge in [0.15, 0.2) is 0 Å². The third-order valence-electron chi connectivity index (χ3n) is 2.02. The van der Waals surface area contributed by atoms with E-state index < -0.39 is 16.2 Å². The lowest BCUT2D eigenvalue weighted by Crippen LogP contribution is -2.46. The average Bonchev–Trinajstić information content (AvgIpc) is 2.16. The summed E-state index contributed by atoms with van der Waals surface area (Å²) in [7, 11) is -2.18. The molecule has 0 aromatic carbocycles. The molecule has 0 aliphatic rings. The topological polar surface area (TPSA) is 95.9 Å². The Hall–Kier alpha value is -0.700. The van der Waals surface area contributed by atoms with Crippen molar-refractivity contribution in [2.75, 3.05) is 26.8 Å². The zero-order valence-corrected chi connectivity index (χ0v) is 11.2. The molecule has 7 nitrogen and oxygen atoms in total. The van der Waals surface area contributed by atoms with Crippen molar-refractivity contribution >= 4 is 16.2 Å². The summed E-state index contributed by atoms with van der Waals surface area (Å²) in [6, 6.07) is -0.297. The van der Waals surface area contributed by atoms with E-state index in [-0.39, 0.29) is 32.2 Å². The summed E-state index contributed by atoms with van der Waals surface area (Å²) in [5.74, 6) is -1.03. The van der Waals surface area contributed by atoms with Crippen LogP contribution >= 0.6 is 0 Å². The number of ether oxygens (including phenoxy) is 1. The first-order chi connectivity index (χ1) is 7.81. The Morgan fingerprint density at radius 1 is 1.47 bits per heavy atom. The molecule has 102 valence electrons. The van der Waals surface area contributed by atoms with Crippen LogP contribution in [0.2, 0.25) is 0 Å². The number of rotatable bonds is 9. The van der Waals surface area contributed by atoms with Crippen LogP contribution in [0.1, 0.15) is 20.3 Å². The Morgan fingerprint density at radius 2 is 2.06 bits per heavy atom. The number of nitrogens with zero attached hydrogens (tertiary/aromatic N) is 1. The number of methoxy groups -OCH3 is 1. The number of carboxylic acid groups (broad SMARTS) is 1. The van der Waals surface area contributed by atoms with Gasteiger partial charge in [0.2, 0.25) is 0 Å². The van der Waals surface area contributed by atoms with E-state index in [9.17, 15) is 13.2 Å². The molecule has 0 saturated carbocycles. The zero-order chi connectivity index (χ0) is 13.5. The van der Waals surface area contributed by atoms with E-state index in [1.807, 2.05) is 0 Å². The maximum absolute atomic E-state index is 11.8. The van der Waals surface area contributed by atoms with Crippen LogP contribution in [-0.4, -0.2) is 56.6 Å². The molecule has 0 aliphatic carbocycles. The first-order valence-electron chi connectivity index (χ1n) is 5.28. The maximum atomic E-state index is 11.8. The summed E-state index contributed by atoms with van der Waals surface area (Å²) in [5.41, 5.74) is 0. The summed E-state index contributed by atoms with van der Waals surface area (Å²) in [6.45, 7) is 3.77. The molecule has 8 heteroatoms. The lowest BCUT2D eigenvalue weighted by molar-refractivity contribution is -0.137. The van der Waals surface area contributed by atoms with Gasteiger partial charge in [0.05, 0.1) is 13.0 Å². The van der Waals surface area contributed by atoms with Crippen molar-refractivity contribution in [3.63, 3.8) is 0 Å². The predicted molar refractivity (Wildman–Crippen MR) is 62.9 cm³/mol. The van der Waals surface area contributed by atoms with Gasteiger partial charge in [-0.1, -0.05) is 0 Å². The van der Waals surface area contributed by atoms with E-state index in [0.717, 1.165) is 4.31 Å². The number of hydrogen-bond donors (Lipinski definition) is 2. The van der Waals surface area contributed by atoms with Crippen LogP contribution in [0.4, 0.5) is 0 Å². The number of hydrogen-bond acceptors (Lipinski definition) is 4. The van der Waals surface area contributed by atoms with Crippen LogP contribution in [0.3, 0.4) is 0 Å². The molecule has 0 aromatic rings. The van der Waals surface area contributed by atoms with E-state index in [0.29, 0.717) is 0 Å². The van der Waals surface area contributed by atoms with Crippen molar-refractivity contribution in [1.29, 1.82) is 0 Å². The summed E-state index contributed by atoms with van der Waals surface area (Å²) in [5, 5.41) is 8.56. The van der Waals surface area contributed by atoms with E-state index in [2.05, 4.69) is 4.72 Å². The monoisotopic (exact) mass is 268 g/mol. The molecule has 0 aliphatic heterocycles. The molecule has 0 bridgehead atoms. The predicted octanol–water partition coefficient (Wildman–Crippen LogP) is -0.348. The molecule has 17 heavy (non-hydrogen) atoms. The molecule has 0 saturated heterocycles. The van der Waals surface area contributed by atoms with Gasteiger partial charge in [0.1, 0.15) is 0 Å². The highest BCUT2D eigenvalue weighted by Crippen LogP contribution is 2.06. The van der Waals surface area contributed by atoms with Crippen LogP contribution in [0.25, 0.3) is 0 Å². The molecule has 0 atom stereocenters. The average molecular weight is 268 g/mol. The van der Waals surface area contributed by atoms with E-state index in [1.54, 1.807) is 13.8 Å². The Kier molecular flexibility index (Phi) is 7.28. The summed E-state index contributed by atoms with van der Waals surface area (Å²) < 4.78 is 31.9. The third kappa shape index (κ3) is 6.57. The largest absolute Gasteiger partial charge is 0.481 e. The summed E-state index contributed by atoms with van der Waals surface area (Å²) in [4.78, 5) is 10.5. The lowest BCUT2D eigenvalue weighted by Gasteiger charge is -2.25. The highest BCUT2D eigenvalue weighted by Gasteiger charge is 2.24. The number of nitrogens with one attached hydrogen (secondary N) is 1. The minimum atomic E-state index is -3.65. The van der Waals surface area contributed by atoms with Crippen LogP contribution in [-0.2, 0) is 19.7 Å². The van der Waals surface area contributed by atoms with Gasteiger partial charge in [-0.2, -0.15) is 17.4 Å². The van der Waals surface area contributed by atoms with Gasteiger partial charge in [0.25, 0.3) is 10.2 Å². The van der Waals surface area contributed by atoms with Gasteiger partial charge in [-0.25, -0.2) is 0 Å². The van der Waals surface area contributed by atoms with Gasteiger partial charge in [-0.15, -0.1) is 0 Å². The molecule has 2 N–H and O–H groups in total. The van der Waals surface area contributed by atoms with Crippen molar-refractivity contribution in [3.05, 3.63) is 0 Å². The Bertz CT molecular complexity index is 328. The van der Waals surface area contributed by atoms with Gasteiger partial charge >= 0.3 is 5.97 Å². The number of carbonyl (C=O) groups is 1. The Morgan fingerprint density at radius 3 is 2.47 bits per heavy atom. The Labute approximate surface area is 102 Å². The van der Waals surface area contributed by atoms with Gasteiger partial charge in [-0.05, 0) is 13.8 Å². The number of carboxylic acids is 1. The normalized spacial score (nSPS) is 12.3. The molecule has 0 aromatic heterocycles. The van der Waals surface area contributed by atoms with Crippen molar-refractivity contribution in [1.82, 2.24) is 9.03 Å². The maximum Gasteiger partial charge on any atom is 0.304 e. The molecular formula is C9H20N2O5S. The fraction of sp³-hybridized carbons (Fsp3) is 0.889. The third-order valence-corrected chi connectivity index (χ3v) is 3.81. The molecule has 0 fully saturated rings. The molecule has 0 rings (SSSR count). The first-order valence-corrected chi connectivity index (χ1v) is 6.72. The smallest absolute Gasteiger partial charge is 0.304 e. The van der Waals surface area contributed by atoms with Crippen LogP contribution in [0.5, 0.6) is 0 Å². The van der Waals surface area contributed by atoms with Gasteiger partial charge in [-0.3, -0.25) is 4.79 Å². The highest BCUT2D eigenvalue weighted by atomic mass is 32.2. The molecule has 0 unspecified atom stereocenters. The fourth-order valence-electron chi connectivity index (χ4n) is 1.22. The lowest BCUT2D eigenvalue weighted by atomic mass is 10.3. The minimum Gasteiger partial charge on any atom is -0.481 e. The van der Waals surface area contributed by atoms with E-state index in [4.69, 9.17) is 9.84 Å². The fourth-order valence-corrected chi connectivity index (χ4v) is 2.61. The number of aliphatic carboxylic acids is 1. The minimum absolute atomic E-state index is 0.0463. The van der Waals surface area contributed by atoms with Crippen LogP contribution in [0.15, 0.2) is 0 Å². The summed E-state index contributed by atoms with van der Waals surface area (Å²) in [6.07, 6.45) is -0.219. The molecule has 0 radical (unpaired) electrons. The van der Waals surface area contributed by atoms with Gasteiger partial charge in [0, 0.05) is 26.2 Å². The van der Waals surface area contributed by atoms with Crippen molar-refractivity contribution in [3.8, 4) is 0 Å². The van der Waals surface area contributed by atoms with E-state index in [1.165, 1.54) is 7.11 Å². The molecule has 0 spiro atoms. The van der Waals surface area contributed by atoms with E-state index >= 15 is 0 Å². The second-order valence-corrected chi connectivity index (χ2v) is 5.45. The van der Waals surface area contributed by atoms with Crippen LogP contribution in [0, 0.1) is 0 Å². The standard InChI is InChI=1S/C9H20N2O5S/c1-8(2)11(6-4-9(12)13)17(14,15)10-5-7-16-3/h8,10H,4-7H2,1-3H3,(H,12,13). The van der Waals surface area contributed by atoms with Gasteiger partial charge < -0.3 is 9.84 Å². The van der Waals surface area contributed by atoms with Crippen molar-refractivity contribution < 1.29 is 23.1 Å². The van der Waals surface area contributed by atoms with Crippen molar-refractivity contribution in [2.45, 2.75) is 26.3 Å². The quantitative estimate of drug-likeness (QED) is 0.557. The van der Waals surface area contributed by atoms with Crippen LogP contribution < -0.4 is 4.72 Å². The molecule has 0 heterocycles. The second kappa shape index (κ2) is 7.59. The Balaban J connectivity index is 4.51. The molecule has 0 amide bonds. The van der Waals surface area contributed by atoms with Crippen molar-refractivity contribution in [2.24, 2.45) is 0 Å². The second-order valence-electron chi connectivity index (χ2n) is 3.74. The SMILES string of the molecule is COCCNS(=O)(=O)N(CCC(=O)O)C(C)C. The first kappa shape index (κ1) is 16.3. The zero-order valence-electron chi connectivity index (χ0n) is 10.3. The highest BCUT2D eigenvalue weighted by molar-refractivity contribution is 7.87.